The minimum absolute atomic E-state index is 0. The maximum absolute atomic E-state index is 13.3. The molecule has 8 heteroatoms. The Hall–Kier alpha value is -0.400. The predicted molar refractivity (Wildman–Crippen MR) is 67.5 cm³/mol. The van der Waals surface area contributed by atoms with E-state index in [1.54, 1.807) is 0 Å². The van der Waals surface area contributed by atoms with Crippen LogP contribution in [0.2, 0.25) is 5.02 Å². The molecule has 17 heavy (non-hydrogen) atoms. The summed E-state index contributed by atoms with van der Waals surface area (Å²) in [6.45, 7) is 0.548. The zero-order chi connectivity index (χ0) is 12.2. The lowest BCUT2D eigenvalue weighted by molar-refractivity contribution is 0.556. The molecule has 0 bridgehead atoms. The van der Waals surface area contributed by atoms with Crippen LogP contribution < -0.4 is 10.5 Å². The zero-order valence-corrected chi connectivity index (χ0v) is 11.2. The van der Waals surface area contributed by atoms with Gasteiger partial charge in [-0.2, -0.15) is 0 Å². The number of hydrogen-bond donors (Lipinski definition) is 2. The van der Waals surface area contributed by atoms with E-state index < -0.39 is 20.7 Å². The van der Waals surface area contributed by atoms with E-state index in [0.717, 1.165) is 12.1 Å². The summed E-state index contributed by atoms with van der Waals surface area (Å²) in [5, 5.41) is 0.151. The number of benzene rings is 1. The Morgan fingerprint density at radius 1 is 1.41 bits per heavy atom. The van der Waals surface area contributed by atoms with Gasteiger partial charge in [-0.15, -0.1) is 12.4 Å². The van der Waals surface area contributed by atoms with Crippen LogP contribution in [-0.4, -0.2) is 21.5 Å². The SMILES string of the molecule is Cl.NCCCNS(=O)(=O)c1ccc(Cl)cc1F. The van der Waals surface area contributed by atoms with E-state index in [2.05, 4.69) is 4.72 Å². The molecule has 1 aromatic rings. The summed E-state index contributed by atoms with van der Waals surface area (Å²) >= 11 is 5.52. The smallest absolute Gasteiger partial charge is 0.243 e. The Labute approximate surface area is 111 Å². The number of hydrogen-bond acceptors (Lipinski definition) is 3. The Kier molecular flexibility index (Phi) is 6.96. The Bertz CT molecular complexity index is 468. The van der Waals surface area contributed by atoms with Crippen molar-refractivity contribution in [2.45, 2.75) is 11.3 Å². The highest BCUT2D eigenvalue weighted by Gasteiger charge is 2.18. The highest BCUT2D eigenvalue weighted by atomic mass is 35.5. The minimum atomic E-state index is -3.82. The highest BCUT2D eigenvalue weighted by Crippen LogP contribution is 2.18. The number of nitrogens with one attached hydrogen (secondary N) is 1. The fourth-order valence-corrected chi connectivity index (χ4v) is 2.37. The molecule has 0 amide bonds. The van der Waals surface area contributed by atoms with Gasteiger partial charge in [-0.3, -0.25) is 0 Å². The van der Waals surface area contributed by atoms with Crippen molar-refractivity contribution in [1.29, 1.82) is 0 Å². The summed E-state index contributed by atoms with van der Waals surface area (Å²) in [6, 6.07) is 3.41. The third kappa shape index (κ3) is 4.77. The maximum Gasteiger partial charge on any atom is 0.243 e. The molecule has 4 nitrogen and oxygen atoms in total. The molecule has 0 aliphatic rings. The van der Waals surface area contributed by atoms with Crippen molar-refractivity contribution >= 4 is 34.0 Å². The first-order valence-electron chi connectivity index (χ1n) is 4.62. The Morgan fingerprint density at radius 3 is 2.59 bits per heavy atom. The van der Waals surface area contributed by atoms with E-state index in [4.69, 9.17) is 17.3 Å². The van der Waals surface area contributed by atoms with Gasteiger partial charge in [0.2, 0.25) is 10.0 Å². The van der Waals surface area contributed by atoms with Crippen molar-refractivity contribution in [2.75, 3.05) is 13.1 Å². The highest BCUT2D eigenvalue weighted by molar-refractivity contribution is 7.89. The number of nitrogens with two attached hydrogens (primary N) is 1. The van der Waals surface area contributed by atoms with Gasteiger partial charge < -0.3 is 5.73 Å². The van der Waals surface area contributed by atoms with Crippen LogP contribution in [0.25, 0.3) is 0 Å². The summed E-state index contributed by atoms with van der Waals surface area (Å²) < 4.78 is 38.8. The zero-order valence-electron chi connectivity index (χ0n) is 8.82. The van der Waals surface area contributed by atoms with Crippen molar-refractivity contribution in [3.63, 3.8) is 0 Å². The van der Waals surface area contributed by atoms with Crippen molar-refractivity contribution < 1.29 is 12.8 Å². The van der Waals surface area contributed by atoms with Crippen molar-refractivity contribution in [3.05, 3.63) is 29.0 Å². The minimum Gasteiger partial charge on any atom is -0.330 e. The Balaban J connectivity index is 0.00000256. The summed E-state index contributed by atoms with van der Waals surface area (Å²) in [5.41, 5.74) is 5.22. The van der Waals surface area contributed by atoms with Crippen LogP contribution in [0.4, 0.5) is 4.39 Å². The van der Waals surface area contributed by atoms with E-state index in [9.17, 15) is 12.8 Å². The van der Waals surface area contributed by atoms with Crippen molar-refractivity contribution in [2.24, 2.45) is 5.73 Å². The lowest BCUT2D eigenvalue weighted by atomic mass is 10.3. The molecule has 0 atom stereocenters. The summed E-state index contributed by atoms with van der Waals surface area (Å²) in [4.78, 5) is -0.408. The van der Waals surface area contributed by atoms with E-state index in [1.807, 2.05) is 0 Å². The quantitative estimate of drug-likeness (QED) is 0.810. The summed E-state index contributed by atoms with van der Waals surface area (Å²) in [6.07, 6.45) is 0.494. The first kappa shape index (κ1) is 16.6. The maximum atomic E-state index is 13.3. The predicted octanol–water partition coefficient (Wildman–Crippen LogP) is 1.53. The molecule has 0 spiro atoms. The van der Waals surface area contributed by atoms with E-state index >= 15 is 0 Å². The van der Waals surface area contributed by atoms with Gasteiger partial charge >= 0.3 is 0 Å². The molecule has 3 N–H and O–H groups in total. The van der Waals surface area contributed by atoms with Gasteiger partial charge in [0.15, 0.2) is 0 Å². The molecule has 0 aliphatic carbocycles. The fourth-order valence-electron chi connectivity index (χ4n) is 1.08. The number of halogens is 3. The molecule has 1 rings (SSSR count). The van der Waals surface area contributed by atoms with Crippen LogP contribution in [0, 0.1) is 5.82 Å². The van der Waals surface area contributed by atoms with Crippen molar-refractivity contribution in [3.8, 4) is 0 Å². The van der Waals surface area contributed by atoms with Gasteiger partial charge in [-0.25, -0.2) is 17.5 Å². The lowest BCUT2D eigenvalue weighted by Crippen LogP contribution is -2.27. The molecule has 1 aromatic carbocycles. The van der Waals surface area contributed by atoms with Gasteiger partial charge in [0.05, 0.1) is 0 Å². The summed E-state index contributed by atoms with van der Waals surface area (Å²) in [5.74, 6) is -0.868. The molecule has 0 fully saturated rings. The fraction of sp³-hybridized carbons (Fsp3) is 0.333. The van der Waals surface area contributed by atoms with Gasteiger partial charge in [-0.05, 0) is 31.2 Å². The Morgan fingerprint density at radius 2 is 2.06 bits per heavy atom. The van der Waals surface area contributed by atoms with Crippen molar-refractivity contribution in [1.82, 2.24) is 4.72 Å². The molecule has 0 saturated heterocycles. The van der Waals surface area contributed by atoms with Crippen LogP contribution in [0.1, 0.15) is 6.42 Å². The van der Waals surface area contributed by atoms with Crippen LogP contribution >= 0.6 is 24.0 Å². The number of rotatable bonds is 5. The average molecular weight is 303 g/mol. The largest absolute Gasteiger partial charge is 0.330 e. The van der Waals surface area contributed by atoms with Gasteiger partial charge in [0, 0.05) is 11.6 Å². The average Bonchev–Trinajstić information content (AvgIpc) is 2.17. The van der Waals surface area contributed by atoms with Crippen LogP contribution in [0.3, 0.4) is 0 Å². The molecule has 0 radical (unpaired) electrons. The second-order valence-corrected chi connectivity index (χ2v) is 5.29. The molecular weight excluding hydrogens is 290 g/mol. The summed E-state index contributed by atoms with van der Waals surface area (Å²) in [7, 11) is -3.82. The molecule has 0 aromatic heterocycles. The van der Waals surface area contributed by atoms with E-state index in [1.165, 1.54) is 6.07 Å². The topological polar surface area (TPSA) is 72.2 Å². The first-order chi connectivity index (χ1) is 7.47. The molecule has 0 saturated carbocycles. The lowest BCUT2D eigenvalue weighted by Gasteiger charge is -2.07. The third-order valence-electron chi connectivity index (χ3n) is 1.86. The molecule has 0 aliphatic heterocycles. The van der Waals surface area contributed by atoms with Crippen LogP contribution in [0.5, 0.6) is 0 Å². The van der Waals surface area contributed by atoms with Crippen LogP contribution in [-0.2, 0) is 10.0 Å². The standard InChI is InChI=1S/C9H12ClFN2O2S.ClH/c10-7-2-3-9(8(11)6-7)16(14,15)13-5-1-4-12;/h2-3,6,13H,1,4-5,12H2;1H. The molecule has 0 unspecified atom stereocenters. The van der Waals surface area contributed by atoms with E-state index in [0.29, 0.717) is 13.0 Å². The number of sulfonamides is 1. The molecule has 98 valence electrons. The second-order valence-electron chi connectivity index (χ2n) is 3.11. The van der Waals surface area contributed by atoms with E-state index in [-0.39, 0.29) is 24.0 Å². The van der Waals surface area contributed by atoms with Crippen LogP contribution in [0.15, 0.2) is 23.1 Å². The monoisotopic (exact) mass is 302 g/mol. The third-order valence-corrected chi connectivity index (χ3v) is 3.59. The first-order valence-corrected chi connectivity index (χ1v) is 6.48. The molecule has 0 heterocycles. The van der Waals surface area contributed by atoms with Gasteiger partial charge in [-0.1, -0.05) is 11.6 Å². The molecular formula is C9H13Cl2FN2O2S. The van der Waals surface area contributed by atoms with Gasteiger partial charge in [0.25, 0.3) is 0 Å². The van der Waals surface area contributed by atoms with Gasteiger partial charge in [0.1, 0.15) is 10.7 Å². The normalized spacial score (nSPS) is 11.0. The second kappa shape index (κ2) is 7.13.